The SMILES string of the molecule is COC(=O)c1c(C)[nH]c(C(=O)[C@H](C)Sc2ncn[nH]2)c1C. The van der Waals surface area contributed by atoms with Gasteiger partial charge in [-0.2, -0.15) is 5.10 Å². The minimum atomic E-state index is -0.448. The van der Waals surface area contributed by atoms with Gasteiger partial charge in [0, 0.05) is 5.69 Å². The molecule has 0 aliphatic rings. The molecule has 2 rings (SSSR count). The third-order valence-corrected chi connectivity index (χ3v) is 4.11. The Hall–Kier alpha value is -2.09. The highest BCUT2D eigenvalue weighted by molar-refractivity contribution is 8.00. The highest BCUT2D eigenvalue weighted by Gasteiger charge is 2.26. The summed E-state index contributed by atoms with van der Waals surface area (Å²) in [4.78, 5) is 31.2. The molecule has 112 valence electrons. The minimum absolute atomic E-state index is 0.104. The number of thioether (sulfide) groups is 1. The van der Waals surface area contributed by atoms with Crippen LogP contribution >= 0.6 is 11.8 Å². The predicted molar refractivity (Wildman–Crippen MR) is 77.6 cm³/mol. The second-order valence-corrected chi connectivity index (χ2v) is 5.86. The third-order valence-electron chi connectivity index (χ3n) is 3.12. The molecule has 1 atom stereocenters. The zero-order chi connectivity index (χ0) is 15.6. The summed E-state index contributed by atoms with van der Waals surface area (Å²) >= 11 is 1.28. The van der Waals surface area contributed by atoms with Crippen molar-refractivity contribution in [2.75, 3.05) is 7.11 Å². The van der Waals surface area contributed by atoms with E-state index < -0.39 is 5.97 Å². The molecule has 2 heterocycles. The van der Waals surface area contributed by atoms with E-state index in [9.17, 15) is 9.59 Å². The summed E-state index contributed by atoms with van der Waals surface area (Å²) in [6, 6.07) is 0. The van der Waals surface area contributed by atoms with Crippen LogP contribution in [-0.4, -0.2) is 44.3 Å². The topological polar surface area (TPSA) is 101 Å². The first-order chi connectivity index (χ1) is 9.95. The molecule has 7 nitrogen and oxygen atoms in total. The number of carbonyl (C=O) groups excluding carboxylic acids is 2. The zero-order valence-corrected chi connectivity index (χ0v) is 13.0. The monoisotopic (exact) mass is 308 g/mol. The molecule has 2 aromatic heterocycles. The van der Waals surface area contributed by atoms with Gasteiger partial charge in [-0.25, -0.2) is 9.78 Å². The van der Waals surface area contributed by atoms with E-state index in [0.717, 1.165) is 0 Å². The standard InChI is InChI=1S/C13H16N4O3S/c1-6-9(12(19)20-4)7(2)16-10(6)11(18)8(3)21-13-14-5-15-17-13/h5,8,16H,1-4H3,(H,14,15,17)/t8-/m0/s1. The lowest BCUT2D eigenvalue weighted by atomic mass is 10.1. The Bertz CT molecular complexity index is 663. The maximum absolute atomic E-state index is 12.5. The maximum atomic E-state index is 12.5. The Morgan fingerprint density at radius 1 is 1.38 bits per heavy atom. The molecule has 0 saturated heterocycles. The number of nitrogens with one attached hydrogen (secondary N) is 2. The highest BCUT2D eigenvalue weighted by atomic mass is 32.2. The number of esters is 1. The quantitative estimate of drug-likeness (QED) is 0.497. The lowest BCUT2D eigenvalue weighted by molar-refractivity contribution is 0.0599. The molecule has 8 heteroatoms. The maximum Gasteiger partial charge on any atom is 0.339 e. The summed E-state index contributed by atoms with van der Waals surface area (Å²) in [7, 11) is 1.32. The zero-order valence-electron chi connectivity index (χ0n) is 12.2. The van der Waals surface area contributed by atoms with E-state index in [1.54, 1.807) is 20.8 Å². The van der Waals surface area contributed by atoms with Gasteiger partial charge in [-0.15, -0.1) is 0 Å². The van der Waals surface area contributed by atoms with E-state index in [-0.39, 0.29) is 11.0 Å². The number of ketones is 1. The molecule has 0 fully saturated rings. The summed E-state index contributed by atoms with van der Waals surface area (Å²) in [6.45, 7) is 5.25. The molecule has 0 spiro atoms. The van der Waals surface area contributed by atoms with E-state index in [4.69, 9.17) is 4.74 Å². The van der Waals surface area contributed by atoms with E-state index >= 15 is 0 Å². The number of rotatable bonds is 5. The van der Waals surface area contributed by atoms with Crippen molar-refractivity contribution in [2.24, 2.45) is 0 Å². The lowest BCUT2D eigenvalue weighted by Crippen LogP contribution is -2.15. The van der Waals surface area contributed by atoms with Crippen LogP contribution in [0.15, 0.2) is 11.5 Å². The van der Waals surface area contributed by atoms with Crippen LogP contribution in [0.5, 0.6) is 0 Å². The molecule has 0 saturated carbocycles. The number of carbonyl (C=O) groups is 2. The van der Waals surface area contributed by atoms with Crippen LogP contribution in [0, 0.1) is 13.8 Å². The van der Waals surface area contributed by atoms with Crippen molar-refractivity contribution in [3.63, 3.8) is 0 Å². The number of hydrogen-bond acceptors (Lipinski definition) is 6. The van der Waals surface area contributed by atoms with Crippen LogP contribution in [0.3, 0.4) is 0 Å². The molecule has 0 radical (unpaired) electrons. The summed E-state index contributed by atoms with van der Waals surface area (Å²) in [5.41, 5.74) is 2.07. The van der Waals surface area contributed by atoms with Crippen molar-refractivity contribution in [1.29, 1.82) is 0 Å². The van der Waals surface area contributed by atoms with Gasteiger partial charge in [-0.05, 0) is 26.3 Å². The summed E-state index contributed by atoms with van der Waals surface area (Å²) in [6.07, 6.45) is 1.39. The average Bonchev–Trinajstić information content (AvgIpc) is 3.05. The van der Waals surface area contributed by atoms with Crippen molar-refractivity contribution in [1.82, 2.24) is 20.2 Å². The number of methoxy groups -OCH3 is 1. The van der Waals surface area contributed by atoms with Crippen molar-refractivity contribution in [2.45, 2.75) is 31.2 Å². The fraction of sp³-hybridized carbons (Fsp3) is 0.385. The number of H-pyrrole nitrogens is 2. The van der Waals surface area contributed by atoms with Crippen molar-refractivity contribution >= 4 is 23.5 Å². The van der Waals surface area contributed by atoms with Crippen LogP contribution in [0.2, 0.25) is 0 Å². The first kappa shape index (κ1) is 15.3. The molecule has 0 aliphatic heterocycles. The molecule has 21 heavy (non-hydrogen) atoms. The molecule has 2 aromatic rings. The van der Waals surface area contributed by atoms with E-state index in [1.807, 2.05) is 0 Å². The van der Waals surface area contributed by atoms with Gasteiger partial charge in [0.1, 0.15) is 6.33 Å². The molecular weight excluding hydrogens is 292 g/mol. The fourth-order valence-corrected chi connectivity index (χ4v) is 2.85. The largest absolute Gasteiger partial charge is 0.465 e. The van der Waals surface area contributed by atoms with E-state index in [2.05, 4.69) is 20.2 Å². The number of aromatic amines is 2. The summed E-state index contributed by atoms with van der Waals surface area (Å²) < 4.78 is 4.74. The van der Waals surface area contributed by atoms with Crippen LogP contribution in [0.25, 0.3) is 0 Å². The Balaban J connectivity index is 2.25. The van der Waals surface area contributed by atoms with Gasteiger partial charge in [-0.3, -0.25) is 9.89 Å². The van der Waals surface area contributed by atoms with Gasteiger partial charge in [-0.1, -0.05) is 11.8 Å². The Kier molecular flexibility index (Phi) is 4.46. The van der Waals surface area contributed by atoms with Gasteiger partial charge < -0.3 is 9.72 Å². The van der Waals surface area contributed by atoms with Gasteiger partial charge >= 0.3 is 5.97 Å². The lowest BCUT2D eigenvalue weighted by Gasteiger charge is -2.07. The van der Waals surface area contributed by atoms with E-state index in [0.29, 0.717) is 27.7 Å². The molecule has 0 aromatic carbocycles. The van der Waals surface area contributed by atoms with Crippen LogP contribution in [0.4, 0.5) is 0 Å². The van der Waals surface area contributed by atoms with Crippen LogP contribution < -0.4 is 0 Å². The molecule has 0 amide bonds. The highest BCUT2D eigenvalue weighted by Crippen LogP contribution is 2.25. The van der Waals surface area contributed by atoms with Crippen LogP contribution in [0.1, 0.15) is 39.0 Å². The Labute approximate surface area is 125 Å². The average molecular weight is 308 g/mol. The van der Waals surface area contributed by atoms with E-state index in [1.165, 1.54) is 25.2 Å². The molecule has 2 N–H and O–H groups in total. The third kappa shape index (κ3) is 2.99. The van der Waals surface area contributed by atoms with Gasteiger partial charge in [0.25, 0.3) is 0 Å². The van der Waals surface area contributed by atoms with Crippen molar-refractivity contribution < 1.29 is 14.3 Å². The fourth-order valence-electron chi connectivity index (χ4n) is 2.08. The van der Waals surface area contributed by atoms with Crippen molar-refractivity contribution in [3.8, 4) is 0 Å². The Morgan fingerprint density at radius 3 is 2.67 bits per heavy atom. The predicted octanol–water partition coefficient (Wildman–Crippen LogP) is 1.90. The first-order valence-electron chi connectivity index (χ1n) is 6.29. The van der Waals surface area contributed by atoms with Crippen LogP contribution in [-0.2, 0) is 4.74 Å². The first-order valence-corrected chi connectivity index (χ1v) is 7.17. The second-order valence-electron chi connectivity index (χ2n) is 4.53. The molecular formula is C13H16N4O3S. The molecule has 0 bridgehead atoms. The van der Waals surface area contributed by atoms with Crippen molar-refractivity contribution in [3.05, 3.63) is 28.8 Å². The number of Topliss-reactive ketones (excluding diaryl/α,β-unsaturated/α-hetero) is 1. The summed E-state index contributed by atoms with van der Waals surface area (Å²) in [5.74, 6) is -0.553. The second kappa shape index (κ2) is 6.13. The smallest absolute Gasteiger partial charge is 0.339 e. The number of aromatic nitrogens is 4. The molecule has 0 aliphatic carbocycles. The number of aryl methyl sites for hydroxylation is 1. The number of ether oxygens (including phenoxy) is 1. The van der Waals surface area contributed by atoms with Gasteiger partial charge in [0.15, 0.2) is 10.9 Å². The number of nitrogens with zero attached hydrogens (tertiary/aromatic N) is 2. The minimum Gasteiger partial charge on any atom is -0.465 e. The van der Waals surface area contributed by atoms with Gasteiger partial charge in [0.05, 0.1) is 23.6 Å². The summed E-state index contributed by atoms with van der Waals surface area (Å²) in [5, 5.41) is 6.65. The number of hydrogen-bond donors (Lipinski definition) is 2. The van der Waals surface area contributed by atoms with Gasteiger partial charge in [0.2, 0.25) is 0 Å². The Morgan fingerprint density at radius 2 is 2.10 bits per heavy atom. The normalized spacial score (nSPS) is 12.2. The molecule has 0 unspecified atom stereocenters.